The second-order valence-electron chi connectivity index (χ2n) is 5.47. The second kappa shape index (κ2) is 6.18. The third-order valence-corrected chi connectivity index (χ3v) is 2.70. The van der Waals surface area contributed by atoms with Gasteiger partial charge in [-0.05, 0) is 47.1 Å². The summed E-state index contributed by atoms with van der Waals surface area (Å²) in [5.74, 6) is -1.85. The molecule has 0 radical (unpaired) electrons. The van der Waals surface area contributed by atoms with Gasteiger partial charge in [0, 0.05) is 6.04 Å². The van der Waals surface area contributed by atoms with Crippen LogP contribution in [-0.4, -0.2) is 36.7 Å². The van der Waals surface area contributed by atoms with Gasteiger partial charge < -0.3 is 14.8 Å². The minimum atomic E-state index is -0.855. The van der Waals surface area contributed by atoms with Gasteiger partial charge in [-0.3, -0.25) is 9.59 Å². The molecular formula is C13H23NO4. The molecule has 0 aromatic rings. The third-order valence-electron chi connectivity index (χ3n) is 2.70. The van der Waals surface area contributed by atoms with Crippen LogP contribution in [0.4, 0.5) is 0 Å². The van der Waals surface area contributed by atoms with E-state index < -0.39 is 23.5 Å². The molecule has 0 aromatic heterocycles. The lowest BCUT2D eigenvalue weighted by molar-refractivity contribution is -0.170. The molecule has 1 fully saturated rings. The first-order valence-electron chi connectivity index (χ1n) is 6.48. The van der Waals surface area contributed by atoms with E-state index in [1.807, 2.05) is 0 Å². The Balaban J connectivity index is 2.76. The number of carbonyl (C=O) groups is 2. The highest BCUT2D eigenvalue weighted by Crippen LogP contribution is 2.21. The van der Waals surface area contributed by atoms with Crippen molar-refractivity contribution in [2.75, 3.05) is 13.2 Å². The Morgan fingerprint density at radius 3 is 2.44 bits per heavy atom. The largest absolute Gasteiger partial charge is 0.465 e. The molecule has 5 heteroatoms. The molecule has 0 unspecified atom stereocenters. The number of rotatable bonds is 4. The Hall–Kier alpha value is -1.10. The Labute approximate surface area is 108 Å². The zero-order valence-electron chi connectivity index (χ0n) is 11.6. The number of hydrogen-bond donors (Lipinski definition) is 1. The molecule has 0 aromatic carbocycles. The fourth-order valence-electron chi connectivity index (χ4n) is 2.02. The summed E-state index contributed by atoms with van der Waals surface area (Å²) >= 11 is 0. The smallest absolute Gasteiger partial charge is 0.322 e. The second-order valence-corrected chi connectivity index (χ2v) is 5.47. The number of ether oxygens (including phenoxy) is 2. The first-order valence-corrected chi connectivity index (χ1v) is 6.48. The highest BCUT2D eigenvalue weighted by atomic mass is 16.6. The van der Waals surface area contributed by atoms with Gasteiger partial charge in [0.15, 0.2) is 5.92 Å². The van der Waals surface area contributed by atoms with Crippen LogP contribution in [0.1, 0.15) is 40.5 Å². The van der Waals surface area contributed by atoms with Crippen LogP contribution in [0, 0.1) is 5.92 Å². The average molecular weight is 257 g/mol. The minimum absolute atomic E-state index is 0.168. The molecule has 0 spiro atoms. The van der Waals surface area contributed by atoms with Crippen LogP contribution >= 0.6 is 0 Å². The zero-order valence-corrected chi connectivity index (χ0v) is 11.6. The quantitative estimate of drug-likeness (QED) is 0.606. The van der Waals surface area contributed by atoms with Gasteiger partial charge in [-0.25, -0.2) is 0 Å². The standard InChI is InChI=1S/C13H23NO4/c1-5-17-11(15)10(9-7-6-8-14-9)12(16)18-13(2,3)4/h9-10,14H,5-8H2,1-4H3/t9-,10+/m0/s1. The molecule has 0 aliphatic carbocycles. The maximum absolute atomic E-state index is 12.1. The summed E-state index contributed by atoms with van der Waals surface area (Å²) in [6.07, 6.45) is 1.76. The summed E-state index contributed by atoms with van der Waals surface area (Å²) in [5, 5.41) is 3.16. The molecule has 1 N–H and O–H groups in total. The van der Waals surface area contributed by atoms with Crippen molar-refractivity contribution in [2.45, 2.75) is 52.2 Å². The van der Waals surface area contributed by atoms with Crippen LogP contribution in [0.3, 0.4) is 0 Å². The Kier molecular flexibility index (Phi) is 5.14. The topological polar surface area (TPSA) is 64.6 Å². The normalized spacial score (nSPS) is 21.4. The van der Waals surface area contributed by atoms with Crippen molar-refractivity contribution in [3.8, 4) is 0 Å². The molecule has 1 rings (SSSR count). The van der Waals surface area contributed by atoms with Crippen molar-refractivity contribution < 1.29 is 19.1 Å². The maximum Gasteiger partial charge on any atom is 0.322 e. The summed E-state index contributed by atoms with van der Waals surface area (Å²) in [6.45, 7) is 8.18. The predicted octanol–water partition coefficient (Wildman–Crippen LogP) is 1.26. The van der Waals surface area contributed by atoms with Crippen molar-refractivity contribution in [1.29, 1.82) is 0 Å². The van der Waals surface area contributed by atoms with E-state index in [0.717, 1.165) is 19.4 Å². The lowest BCUT2D eigenvalue weighted by atomic mass is 9.98. The van der Waals surface area contributed by atoms with Gasteiger partial charge in [-0.1, -0.05) is 0 Å². The minimum Gasteiger partial charge on any atom is -0.465 e. The fraction of sp³-hybridized carbons (Fsp3) is 0.846. The van der Waals surface area contributed by atoms with Gasteiger partial charge in [0.2, 0.25) is 0 Å². The SMILES string of the molecule is CCOC(=O)[C@H](C(=O)OC(C)(C)C)[C@@H]1CCCN1. The Bertz CT molecular complexity index is 303. The molecule has 1 aliphatic rings. The highest BCUT2D eigenvalue weighted by molar-refractivity contribution is 5.96. The molecule has 1 aliphatic heterocycles. The van der Waals surface area contributed by atoms with Crippen LogP contribution < -0.4 is 5.32 Å². The van der Waals surface area contributed by atoms with E-state index in [0.29, 0.717) is 0 Å². The number of hydrogen-bond acceptors (Lipinski definition) is 5. The van der Waals surface area contributed by atoms with Crippen LogP contribution in [0.2, 0.25) is 0 Å². The monoisotopic (exact) mass is 257 g/mol. The van der Waals surface area contributed by atoms with Gasteiger partial charge in [0.25, 0.3) is 0 Å². The Morgan fingerprint density at radius 2 is 2.00 bits per heavy atom. The van der Waals surface area contributed by atoms with E-state index in [-0.39, 0.29) is 12.6 Å². The third kappa shape index (κ3) is 4.29. The molecule has 5 nitrogen and oxygen atoms in total. The van der Waals surface area contributed by atoms with E-state index in [4.69, 9.17) is 9.47 Å². The molecule has 1 heterocycles. The molecular weight excluding hydrogens is 234 g/mol. The summed E-state index contributed by atoms with van der Waals surface area (Å²) in [7, 11) is 0. The predicted molar refractivity (Wildman–Crippen MR) is 67.0 cm³/mol. The van der Waals surface area contributed by atoms with Gasteiger partial charge >= 0.3 is 11.9 Å². The van der Waals surface area contributed by atoms with Crippen LogP contribution in [0.25, 0.3) is 0 Å². The van der Waals surface area contributed by atoms with Crippen LogP contribution in [0.5, 0.6) is 0 Å². The maximum atomic E-state index is 12.1. The fourth-order valence-corrected chi connectivity index (χ4v) is 2.02. The molecule has 0 bridgehead atoms. The van der Waals surface area contributed by atoms with E-state index in [2.05, 4.69) is 5.32 Å². The Morgan fingerprint density at radius 1 is 1.33 bits per heavy atom. The molecule has 2 atom stereocenters. The molecule has 1 saturated heterocycles. The van der Waals surface area contributed by atoms with Gasteiger partial charge in [0.1, 0.15) is 5.60 Å². The highest BCUT2D eigenvalue weighted by Gasteiger charge is 2.40. The summed E-state index contributed by atoms with van der Waals surface area (Å²) in [6, 6.07) is -0.168. The summed E-state index contributed by atoms with van der Waals surface area (Å²) in [5.41, 5.74) is -0.597. The molecule has 18 heavy (non-hydrogen) atoms. The summed E-state index contributed by atoms with van der Waals surface area (Å²) < 4.78 is 10.3. The average Bonchev–Trinajstić information content (AvgIpc) is 2.68. The van der Waals surface area contributed by atoms with Crippen molar-refractivity contribution in [2.24, 2.45) is 5.92 Å². The molecule has 0 amide bonds. The van der Waals surface area contributed by atoms with Gasteiger partial charge in [-0.15, -0.1) is 0 Å². The van der Waals surface area contributed by atoms with E-state index in [1.54, 1.807) is 27.7 Å². The number of carbonyl (C=O) groups excluding carboxylic acids is 2. The van der Waals surface area contributed by atoms with Gasteiger partial charge in [0.05, 0.1) is 6.61 Å². The molecule has 104 valence electrons. The van der Waals surface area contributed by atoms with Crippen molar-refractivity contribution in [1.82, 2.24) is 5.32 Å². The lowest BCUT2D eigenvalue weighted by Crippen LogP contribution is -2.44. The zero-order chi connectivity index (χ0) is 13.8. The van der Waals surface area contributed by atoms with Crippen molar-refractivity contribution in [3.63, 3.8) is 0 Å². The van der Waals surface area contributed by atoms with E-state index in [9.17, 15) is 9.59 Å². The van der Waals surface area contributed by atoms with Gasteiger partial charge in [-0.2, -0.15) is 0 Å². The number of esters is 2. The van der Waals surface area contributed by atoms with E-state index >= 15 is 0 Å². The van der Waals surface area contributed by atoms with Crippen molar-refractivity contribution in [3.05, 3.63) is 0 Å². The van der Waals surface area contributed by atoms with Crippen LogP contribution in [-0.2, 0) is 19.1 Å². The van der Waals surface area contributed by atoms with Crippen LogP contribution in [0.15, 0.2) is 0 Å². The first-order chi connectivity index (χ1) is 8.35. The first kappa shape index (κ1) is 15.0. The summed E-state index contributed by atoms with van der Waals surface area (Å²) in [4.78, 5) is 24.0. The van der Waals surface area contributed by atoms with E-state index in [1.165, 1.54) is 0 Å². The lowest BCUT2D eigenvalue weighted by Gasteiger charge is -2.26. The molecule has 0 saturated carbocycles. The van der Waals surface area contributed by atoms with Crippen molar-refractivity contribution >= 4 is 11.9 Å². The number of nitrogens with one attached hydrogen (secondary N) is 1.